The van der Waals surface area contributed by atoms with Gasteiger partial charge in [-0.25, -0.2) is 9.97 Å². The fourth-order valence-corrected chi connectivity index (χ4v) is 3.59. The van der Waals surface area contributed by atoms with Gasteiger partial charge in [-0.05, 0) is 18.4 Å². The van der Waals surface area contributed by atoms with E-state index >= 15 is 0 Å². The van der Waals surface area contributed by atoms with Crippen molar-refractivity contribution in [3.8, 4) is 0 Å². The molecule has 1 aliphatic heterocycles. The van der Waals surface area contributed by atoms with Gasteiger partial charge in [0.25, 0.3) is 0 Å². The van der Waals surface area contributed by atoms with E-state index in [0.29, 0.717) is 13.0 Å². The van der Waals surface area contributed by atoms with E-state index < -0.39 is 5.60 Å². The van der Waals surface area contributed by atoms with E-state index in [0.717, 1.165) is 47.6 Å². The van der Waals surface area contributed by atoms with Crippen LogP contribution in [-0.4, -0.2) is 37.9 Å². The van der Waals surface area contributed by atoms with E-state index in [9.17, 15) is 5.11 Å². The van der Waals surface area contributed by atoms with Crippen molar-refractivity contribution in [3.63, 3.8) is 0 Å². The second kappa shape index (κ2) is 6.11. The smallest absolute Gasteiger partial charge is 0.163 e. The summed E-state index contributed by atoms with van der Waals surface area (Å²) in [5.74, 6) is 1.72. The highest BCUT2D eigenvalue weighted by Gasteiger charge is 2.38. The zero-order chi connectivity index (χ0) is 17.4. The minimum absolute atomic E-state index is 0.531. The number of rotatable bonds is 4. The van der Waals surface area contributed by atoms with E-state index in [4.69, 9.17) is 4.98 Å². The number of aliphatic hydroxyl groups is 1. The third kappa shape index (κ3) is 2.76. The largest absolute Gasteiger partial charge is 0.383 e. The average Bonchev–Trinajstić information content (AvgIpc) is 3.20. The highest BCUT2D eigenvalue weighted by Crippen LogP contribution is 2.36. The molecule has 0 saturated carbocycles. The molecule has 4 rings (SSSR count). The van der Waals surface area contributed by atoms with Crippen molar-refractivity contribution >= 4 is 16.9 Å². The van der Waals surface area contributed by atoms with Gasteiger partial charge in [0, 0.05) is 20.0 Å². The molecule has 6 heteroatoms. The van der Waals surface area contributed by atoms with Crippen LogP contribution in [0.25, 0.3) is 11.0 Å². The Balaban J connectivity index is 1.73. The van der Waals surface area contributed by atoms with Crippen molar-refractivity contribution in [2.45, 2.75) is 31.8 Å². The summed E-state index contributed by atoms with van der Waals surface area (Å²) in [5, 5.41) is 16.4. The lowest BCUT2D eigenvalue weighted by Gasteiger charge is -2.24. The number of aryl methyl sites for hydroxylation is 2. The van der Waals surface area contributed by atoms with Crippen LogP contribution in [0, 0.1) is 0 Å². The van der Waals surface area contributed by atoms with Crippen LogP contribution in [0.1, 0.15) is 31.2 Å². The Morgan fingerprint density at radius 3 is 2.76 bits per heavy atom. The number of hydrogen-bond acceptors (Lipinski definition) is 5. The van der Waals surface area contributed by atoms with Gasteiger partial charge < -0.3 is 10.0 Å². The zero-order valence-electron chi connectivity index (χ0n) is 14.7. The highest BCUT2D eigenvalue weighted by atomic mass is 16.3. The van der Waals surface area contributed by atoms with Gasteiger partial charge in [0.05, 0.1) is 18.1 Å². The lowest BCUT2D eigenvalue weighted by Crippen LogP contribution is -2.31. The van der Waals surface area contributed by atoms with E-state index in [1.165, 1.54) is 0 Å². The summed E-state index contributed by atoms with van der Waals surface area (Å²) in [6.07, 6.45) is 4.34. The normalized spacial score (nSPS) is 20.5. The third-order valence-electron chi connectivity index (χ3n) is 4.95. The molecule has 1 N–H and O–H groups in total. The van der Waals surface area contributed by atoms with Crippen molar-refractivity contribution < 1.29 is 5.11 Å². The van der Waals surface area contributed by atoms with Gasteiger partial charge >= 0.3 is 0 Å². The van der Waals surface area contributed by atoms with Gasteiger partial charge in [-0.1, -0.05) is 37.3 Å². The average molecular weight is 337 g/mol. The Bertz CT molecular complexity index is 891. The molecule has 3 aromatic rings. The Kier molecular flexibility index (Phi) is 3.92. The van der Waals surface area contributed by atoms with E-state index in [1.807, 2.05) is 43.6 Å². The Hall–Kier alpha value is -2.47. The molecule has 3 heterocycles. The monoisotopic (exact) mass is 337 g/mol. The van der Waals surface area contributed by atoms with Crippen LogP contribution >= 0.6 is 0 Å². The lowest BCUT2D eigenvalue weighted by atomic mass is 9.93. The molecule has 1 aliphatic rings. The molecule has 0 spiro atoms. The van der Waals surface area contributed by atoms with Gasteiger partial charge in [-0.3, -0.25) is 4.68 Å². The van der Waals surface area contributed by atoms with Gasteiger partial charge in [-0.15, -0.1) is 0 Å². The van der Waals surface area contributed by atoms with E-state index in [-0.39, 0.29) is 0 Å². The lowest BCUT2D eigenvalue weighted by molar-refractivity contribution is 0.0606. The van der Waals surface area contributed by atoms with Crippen molar-refractivity contribution in [2.24, 2.45) is 7.05 Å². The van der Waals surface area contributed by atoms with Crippen LogP contribution in [0.5, 0.6) is 0 Å². The Morgan fingerprint density at radius 1 is 1.20 bits per heavy atom. The molecule has 1 saturated heterocycles. The zero-order valence-corrected chi connectivity index (χ0v) is 14.7. The first-order chi connectivity index (χ1) is 12.1. The summed E-state index contributed by atoms with van der Waals surface area (Å²) in [4.78, 5) is 11.6. The Morgan fingerprint density at radius 2 is 2.00 bits per heavy atom. The third-order valence-corrected chi connectivity index (χ3v) is 4.95. The first kappa shape index (κ1) is 16.0. The molecular formula is C19H23N5O. The number of benzene rings is 1. The maximum absolute atomic E-state index is 11.1. The minimum Gasteiger partial charge on any atom is -0.383 e. The summed E-state index contributed by atoms with van der Waals surface area (Å²) < 4.78 is 1.79. The second-order valence-corrected chi connectivity index (χ2v) is 6.79. The molecule has 130 valence electrons. The number of fused-ring (bicyclic) bond motifs is 1. The number of hydrogen-bond donors (Lipinski definition) is 1. The SMILES string of the molecule is CCCc1nc(N2CC[C@](O)(c3ccccc3)C2)c2cnn(C)c2n1. The molecule has 0 aliphatic carbocycles. The summed E-state index contributed by atoms with van der Waals surface area (Å²) in [6.45, 7) is 3.42. The molecule has 0 amide bonds. The predicted octanol–water partition coefficient (Wildman–Crippen LogP) is 2.41. The van der Waals surface area contributed by atoms with Crippen LogP contribution in [0.15, 0.2) is 36.5 Å². The molecule has 1 fully saturated rings. The molecule has 1 atom stereocenters. The van der Waals surface area contributed by atoms with Gasteiger partial charge in [-0.2, -0.15) is 5.10 Å². The molecule has 1 aromatic carbocycles. The number of anilines is 1. The fourth-order valence-electron chi connectivity index (χ4n) is 3.59. The van der Waals surface area contributed by atoms with Crippen LogP contribution in [0.4, 0.5) is 5.82 Å². The molecule has 0 unspecified atom stereocenters. The van der Waals surface area contributed by atoms with Crippen LogP contribution in [0.2, 0.25) is 0 Å². The first-order valence-electron chi connectivity index (χ1n) is 8.82. The summed E-state index contributed by atoms with van der Waals surface area (Å²) >= 11 is 0. The molecule has 25 heavy (non-hydrogen) atoms. The number of nitrogens with zero attached hydrogens (tertiary/aromatic N) is 5. The molecule has 0 bridgehead atoms. The molecule has 6 nitrogen and oxygen atoms in total. The van der Waals surface area contributed by atoms with Crippen molar-refractivity contribution in [2.75, 3.05) is 18.0 Å². The molecular weight excluding hydrogens is 314 g/mol. The minimum atomic E-state index is -0.842. The van der Waals surface area contributed by atoms with E-state index in [1.54, 1.807) is 4.68 Å². The maximum atomic E-state index is 11.1. The van der Waals surface area contributed by atoms with Crippen LogP contribution in [-0.2, 0) is 19.1 Å². The predicted molar refractivity (Wildman–Crippen MR) is 97.5 cm³/mol. The highest BCUT2D eigenvalue weighted by molar-refractivity contribution is 5.87. The maximum Gasteiger partial charge on any atom is 0.163 e. The molecule has 0 radical (unpaired) electrons. The number of aromatic nitrogens is 4. The standard InChI is InChI=1S/C19H23N5O/c1-3-7-16-21-17-15(12-20-23(17)2)18(22-16)24-11-10-19(25,13-24)14-8-5-4-6-9-14/h4-6,8-9,12,25H,3,7,10-11,13H2,1-2H3/t19-/m1/s1. The summed E-state index contributed by atoms with van der Waals surface area (Å²) in [6, 6.07) is 9.90. The topological polar surface area (TPSA) is 67.1 Å². The fraction of sp³-hybridized carbons (Fsp3) is 0.421. The van der Waals surface area contributed by atoms with Gasteiger partial charge in [0.15, 0.2) is 5.65 Å². The molecule has 2 aromatic heterocycles. The van der Waals surface area contributed by atoms with Crippen molar-refractivity contribution in [3.05, 3.63) is 47.9 Å². The number of β-amino-alcohol motifs (C(OH)–C–C–N with tert-alkyl or cyclic N) is 1. The quantitative estimate of drug-likeness (QED) is 0.792. The van der Waals surface area contributed by atoms with Crippen LogP contribution in [0.3, 0.4) is 0 Å². The van der Waals surface area contributed by atoms with Crippen LogP contribution < -0.4 is 4.90 Å². The Labute approximate surface area is 147 Å². The second-order valence-electron chi connectivity index (χ2n) is 6.79. The summed E-state index contributed by atoms with van der Waals surface area (Å²) in [7, 11) is 1.90. The van der Waals surface area contributed by atoms with E-state index in [2.05, 4.69) is 21.9 Å². The summed E-state index contributed by atoms with van der Waals surface area (Å²) in [5.41, 5.74) is 0.970. The van der Waals surface area contributed by atoms with Gasteiger partial charge in [0.2, 0.25) is 0 Å². The van der Waals surface area contributed by atoms with Crippen molar-refractivity contribution in [1.82, 2.24) is 19.7 Å². The first-order valence-corrected chi connectivity index (χ1v) is 8.82. The van der Waals surface area contributed by atoms with Crippen molar-refractivity contribution in [1.29, 1.82) is 0 Å². The van der Waals surface area contributed by atoms with Gasteiger partial charge in [0.1, 0.15) is 17.2 Å².